The van der Waals surface area contributed by atoms with Gasteiger partial charge in [0.1, 0.15) is 5.58 Å². The molecule has 4 rings (SSSR count). The van der Waals surface area contributed by atoms with Crippen molar-refractivity contribution in [2.45, 2.75) is 26.2 Å². The summed E-state index contributed by atoms with van der Waals surface area (Å²) in [5.41, 5.74) is 2.41. The molecule has 1 aromatic carbocycles. The lowest BCUT2D eigenvalue weighted by Gasteiger charge is -2.38. The molecule has 1 amide bonds. The van der Waals surface area contributed by atoms with Gasteiger partial charge in [-0.15, -0.1) is 12.4 Å². The van der Waals surface area contributed by atoms with Gasteiger partial charge in [0, 0.05) is 25.0 Å². The Morgan fingerprint density at radius 3 is 2.70 bits per heavy atom. The molecule has 124 valence electrons. The first-order chi connectivity index (χ1) is 10.7. The number of aryl methyl sites for hydroxylation is 1. The Balaban J connectivity index is 0.00000156. The smallest absolute Gasteiger partial charge is 0.289 e. The fraction of sp³-hybridized carbons (Fsp3) is 0.500. The second kappa shape index (κ2) is 6.17. The standard InChI is InChI=1S/C18H22N2O2.ClH/c1-13-2-3-15-14(10-13)11-16(22-15)17(21)20-8-5-18(6-9-20)4-7-19-12-18;/h2-3,10-11,19H,4-9,12H2,1H3;1H. The van der Waals surface area contributed by atoms with Crippen LogP contribution in [0.4, 0.5) is 0 Å². The van der Waals surface area contributed by atoms with E-state index in [9.17, 15) is 4.79 Å². The summed E-state index contributed by atoms with van der Waals surface area (Å²) in [5, 5.41) is 4.47. The van der Waals surface area contributed by atoms with Gasteiger partial charge in [-0.2, -0.15) is 0 Å². The molecule has 23 heavy (non-hydrogen) atoms. The first-order valence-electron chi connectivity index (χ1n) is 8.16. The van der Waals surface area contributed by atoms with Gasteiger partial charge in [0.05, 0.1) is 0 Å². The first-order valence-corrected chi connectivity index (χ1v) is 8.16. The minimum absolute atomic E-state index is 0. The zero-order valence-electron chi connectivity index (χ0n) is 13.4. The lowest BCUT2D eigenvalue weighted by Crippen LogP contribution is -2.43. The zero-order valence-corrected chi connectivity index (χ0v) is 14.2. The van der Waals surface area contributed by atoms with Gasteiger partial charge in [-0.1, -0.05) is 11.6 Å². The van der Waals surface area contributed by atoms with E-state index in [4.69, 9.17) is 4.42 Å². The van der Waals surface area contributed by atoms with Crippen molar-refractivity contribution in [3.05, 3.63) is 35.6 Å². The van der Waals surface area contributed by atoms with Gasteiger partial charge < -0.3 is 14.6 Å². The minimum atomic E-state index is 0. The number of piperidine rings is 1. The molecule has 1 N–H and O–H groups in total. The van der Waals surface area contributed by atoms with Gasteiger partial charge >= 0.3 is 0 Å². The Kier molecular flexibility index (Phi) is 4.39. The Labute approximate surface area is 142 Å². The van der Waals surface area contributed by atoms with Crippen LogP contribution >= 0.6 is 12.4 Å². The van der Waals surface area contributed by atoms with Crippen LogP contribution in [0.5, 0.6) is 0 Å². The van der Waals surface area contributed by atoms with E-state index in [0.29, 0.717) is 11.2 Å². The van der Waals surface area contributed by atoms with Crippen molar-refractivity contribution >= 4 is 29.3 Å². The van der Waals surface area contributed by atoms with Crippen molar-refractivity contribution in [2.24, 2.45) is 5.41 Å². The molecule has 0 unspecified atom stereocenters. The second-order valence-corrected chi connectivity index (χ2v) is 6.87. The third-order valence-corrected chi connectivity index (χ3v) is 5.33. The van der Waals surface area contributed by atoms with Crippen LogP contribution in [-0.2, 0) is 0 Å². The van der Waals surface area contributed by atoms with Crippen molar-refractivity contribution < 1.29 is 9.21 Å². The number of furan rings is 1. The molecule has 2 aromatic rings. The van der Waals surface area contributed by atoms with Crippen LogP contribution < -0.4 is 5.32 Å². The normalized spacial score (nSPS) is 20.0. The number of hydrogen-bond acceptors (Lipinski definition) is 3. The minimum Gasteiger partial charge on any atom is -0.451 e. The maximum atomic E-state index is 12.7. The molecule has 0 bridgehead atoms. The molecule has 0 atom stereocenters. The summed E-state index contributed by atoms with van der Waals surface area (Å²) in [5.74, 6) is 0.510. The van der Waals surface area contributed by atoms with Crippen LogP contribution in [0.25, 0.3) is 11.0 Å². The highest BCUT2D eigenvalue weighted by Gasteiger charge is 2.38. The van der Waals surface area contributed by atoms with Crippen molar-refractivity contribution in [3.63, 3.8) is 0 Å². The van der Waals surface area contributed by atoms with Gasteiger partial charge in [-0.3, -0.25) is 4.79 Å². The fourth-order valence-corrected chi connectivity index (χ4v) is 3.83. The highest BCUT2D eigenvalue weighted by molar-refractivity contribution is 5.96. The first kappa shape index (κ1) is 16.3. The number of nitrogens with zero attached hydrogens (tertiary/aromatic N) is 1. The average molecular weight is 335 g/mol. The molecule has 3 heterocycles. The summed E-state index contributed by atoms with van der Waals surface area (Å²) in [7, 11) is 0. The quantitative estimate of drug-likeness (QED) is 0.869. The van der Waals surface area contributed by atoms with E-state index in [0.717, 1.165) is 50.0 Å². The van der Waals surface area contributed by atoms with E-state index in [2.05, 4.69) is 11.4 Å². The molecule has 2 saturated heterocycles. The summed E-state index contributed by atoms with van der Waals surface area (Å²) in [4.78, 5) is 14.6. The molecule has 5 heteroatoms. The molecule has 2 aliphatic rings. The van der Waals surface area contributed by atoms with E-state index in [1.807, 2.05) is 30.0 Å². The topological polar surface area (TPSA) is 45.5 Å². The molecule has 0 saturated carbocycles. The van der Waals surface area contributed by atoms with Crippen LogP contribution in [0, 0.1) is 12.3 Å². The van der Waals surface area contributed by atoms with Crippen molar-refractivity contribution in [1.82, 2.24) is 10.2 Å². The van der Waals surface area contributed by atoms with Gasteiger partial charge in [0.2, 0.25) is 0 Å². The van der Waals surface area contributed by atoms with Crippen LogP contribution in [0.2, 0.25) is 0 Å². The third-order valence-electron chi connectivity index (χ3n) is 5.33. The van der Waals surface area contributed by atoms with E-state index >= 15 is 0 Å². The van der Waals surface area contributed by atoms with Gasteiger partial charge in [-0.25, -0.2) is 0 Å². The third kappa shape index (κ3) is 2.98. The molecular weight excluding hydrogens is 312 g/mol. The Hall–Kier alpha value is -1.52. The van der Waals surface area contributed by atoms with Crippen molar-refractivity contribution in [2.75, 3.05) is 26.2 Å². The molecule has 0 aliphatic carbocycles. The average Bonchev–Trinajstić information content (AvgIpc) is 3.14. The molecule has 1 spiro atoms. The summed E-state index contributed by atoms with van der Waals surface area (Å²) < 4.78 is 5.75. The lowest BCUT2D eigenvalue weighted by molar-refractivity contribution is 0.0579. The number of rotatable bonds is 1. The molecule has 2 fully saturated rings. The van der Waals surface area contributed by atoms with Crippen LogP contribution in [0.1, 0.15) is 35.4 Å². The summed E-state index contributed by atoms with van der Waals surface area (Å²) in [6, 6.07) is 7.89. The number of nitrogens with one attached hydrogen (secondary N) is 1. The van der Waals surface area contributed by atoms with Crippen molar-refractivity contribution in [3.8, 4) is 0 Å². The number of likely N-dealkylation sites (tertiary alicyclic amines) is 1. The molecule has 4 nitrogen and oxygen atoms in total. The zero-order chi connectivity index (χ0) is 15.2. The largest absolute Gasteiger partial charge is 0.451 e. The Morgan fingerprint density at radius 2 is 2.00 bits per heavy atom. The van der Waals surface area contributed by atoms with Gasteiger partial charge in [-0.05, 0) is 56.3 Å². The van der Waals surface area contributed by atoms with Crippen molar-refractivity contribution in [1.29, 1.82) is 0 Å². The number of carbonyl (C=O) groups excluding carboxylic acids is 1. The number of fused-ring (bicyclic) bond motifs is 1. The van der Waals surface area contributed by atoms with Gasteiger partial charge in [0.25, 0.3) is 5.91 Å². The van der Waals surface area contributed by atoms with Gasteiger partial charge in [0.15, 0.2) is 5.76 Å². The van der Waals surface area contributed by atoms with E-state index in [1.54, 1.807) is 0 Å². The number of carbonyl (C=O) groups is 1. The number of amides is 1. The number of halogens is 1. The number of benzene rings is 1. The molecular formula is C18H23ClN2O2. The highest BCUT2D eigenvalue weighted by Crippen LogP contribution is 2.37. The van der Waals surface area contributed by atoms with Crippen LogP contribution in [0.3, 0.4) is 0 Å². The van der Waals surface area contributed by atoms with E-state index in [1.165, 1.54) is 12.0 Å². The number of hydrogen-bond donors (Lipinski definition) is 1. The maximum absolute atomic E-state index is 12.7. The second-order valence-electron chi connectivity index (χ2n) is 6.87. The predicted octanol–water partition coefficient (Wildman–Crippen LogP) is 3.38. The fourth-order valence-electron chi connectivity index (χ4n) is 3.83. The molecule has 0 radical (unpaired) electrons. The SMILES string of the molecule is Cc1ccc2oc(C(=O)N3CCC4(CCNC4)CC3)cc2c1.Cl. The Morgan fingerprint density at radius 1 is 1.22 bits per heavy atom. The Bertz CT molecular complexity index is 709. The van der Waals surface area contributed by atoms with E-state index in [-0.39, 0.29) is 18.3 Å². The predicted molar refractivity (Wildman–Crippen MR) is 93.3 cm³/mol. The maximum Gasteiger partial charge on any atom is 0.289 e. The molecule has 1 aromatic heterocycles. The monoisotopic (exact) mass is 334 g/mol. The highest BCUT2D eigenvalue weighted by atomic mass is 35.5. The lowest BCUT2D eigenvalue weighted by atomic mass is 9.78. The molecule has 2 aliphatic heterocycles. The summed E-state index contributed by atoms with van der Waals surface area (Å²) >= 11 is 0. The van der Waals surface area contributed by atoms with E-state index < -0.39 is 0 Å². The van der Waals surface area contributed by atoms with Crippen LogP contribution in [-0.4, -0.2) is 37.0 Å². The van der Waals surface area contributed by atoms with Crippen LogP contribution in [0.15, 0.2) is 28.7 Å². The summed E-state index contributed by atoms with van der Waals surface area (Å²) in [6.45, 7) is 5.97. The summed E-state index contributed by atoms with van der Waals surface area (Å²) in [6.07, 6.45) is 3.45.